The van der Waals surface area contributed by atoms with Gasteiger partial charge in [0.2, 0.25) is 5.91 Å². The molecule has 0 bridgehead atoms. The summed E-state index contributed by atoms with van der Waals surface area (Å²) in [7, 11) is 1.31. The number of carbonyl (C=O) groups excluding carboxylic acids is 3. The normalized spacial score (nSPS) is 15.4. The Morgan fingerprint density at radius 1 is 1.15 bits per heavy atom. The number of nitrogens with zero attached hydrogens (tertiary/aromatic N) is 2. The van der Waals surface area contributed by atoms with Crippen LogP contribution >= 0.6 is 0 Å². The summed E-state index contributed by atoms with van der Waals surface area (Å²) >= 11 is 0. The van der Waals surface area contributed by atoms with E-state index in [1.807, 2.05) is 12.1 Å². The fourth-order valence-electron chi connectivity index (χ4n) is 3.84. The highest BCUT2D eigenvalue weighted by atomic mass is 16.6. The molecular weight excluding hydrogens is 434 g/mol. The minimum Gasteiger partial charge on any atom is -0.465 e. The number of carbonyl (C=O) groups is 3. The third-order valence-corrected chi connectivity index (χ3v) is 5.37. The molecule has 2 aromatic carbocycles. The van der Waals surface area contributed by atoms with Gasteiger partial charge in [-0.1, -0.05) is 18.2 Å². The van der Waals surface area contributed by atoms with E-state index < -0.39 is 23.7 Å². The van der Waals surface area contributed by atoms with E-state index in [1.54, 1.807) is 51.1 Å². The first-order valence-corrected chi connectivity index (χ1v) is 11.1. The van der Waals surface area contributed by atoms with E-state index in [0.29, 0.717) is 29.8 Å². The van der Waals surface area contributed by atoms with Crippen molar-refractivity contribution in [2.24, 2.45) is 0 Å². The van der Waals surface area contributed by atoms with Gasteiger partial charge in [0.05, 0.1) is 19.2 Å². The molecular formula is C26H29N3O5. The van der Waals surface area contributed by atoms with Crippen LogP contribution in [0.1, 0.15) is 49.5 Å². The van der Waals surface area contributed by atoms with Crippen LogP contribution in [0.15, 0.2) is 42.5 Å². The zero-order valence-corrected chi connectivity index (χ0v) is 19.9. The fourth-order valence-corrected chi connectivity index (χ4v) is 3.84. The third kappa shape index (κ3) is 6.13. The van der Waals surface area contributed by atoms with Crippen LogP contribution in [0.3, 0.4) is 0 Å². The minimum atomic E-state index is -0.643. The van der Waals surface area contributed by atoms with Crippen molar-refractivity contribution in [1.29, 1.82) is 0 Å². The van der Waals surface area contributed by atoms with Gasteiger partial charge in [0.15, 0.2) is 5.69 Å². The second-order valence-electron chi connectivity index (χ2n) is 9.12. The number of benzene rings is 2. The van der Waals surface area contributed by atoms with Gasteiger partial charge in [-0.3, -0.25) is 9.69 Å². The monoisotopic (exact) mass is 463 g/mol. The maximum atomic E-state index is 12.9. The summed E-state index contributed by atoms with van der Waals surface area (Å²) in [5.74, 6) is -0.772. The predicted molar refractivity (Wildman–Crippen MR) is 127 cm³/mol. The van der Waals surface area contributed by atoms with E-state index in [9.17, 15) is 14.4 Å². The largest absolute Gasteiger partial charge is 0.465 e. The lowest BCUT2D eigenvalue weighted by Crippen LogP contribution is -2.47. The van der Waals surface area contributed by atoms with Crippen molar-refractivity contribution in [1.82, 2.24) is 10.2 Å². The van der Waals surface area contributed by atoms with Crippen LogP contribution in [-0.4, -0.2) is 48.2 Å². The molecule has 0 unspecified atom stereocenters. The average Bonchev–Trinajstić information content (AvgIpc) is 3.31. The summed E-state index contributed by atoms with van der Waals surface area (Å²) in [5, 5.41) is 2.88. The summed E-state index contributed by atoms with van der Waals surface area (Å²) in [6.07, 6.45) is 0.776. The Kier molecular flexibility index (Phi) is 7.57. The molecule has 3 rings (SSSR count). The molecule has 0 spiro atoms. The summed E-state index contributed by atoms with van der Waals surface area (Å²) in [5.41, 5.74) is 2.39. The zero-order chi connectivity index (χ0) is 24.9. The van der Waals surface area contributed by atoms with Gasteiger partial charge in [0, 0.05) is 13.1 Å². The molecule has 1 saturated heterocycles. The predicted octanol–water partition coefficient (Wildman–Crippen LogP) is 4.71. The number of rotatable bonds is 5. The lowest BCUT2D eigenvalue weighted by molar-refractivity contribution is -0.125. The molecule has 8 heteroatoms. The quantitative estimate of drug-likeness (QED) is 0.513. The summed E-state index contributed by atoms with van der Waals surface area (Å²) in [6, 6.07) is 11.7. The molecule has 8 nitrogen and oxygen atoms in total. The first-order valence-electron chi connectivity index (χ1n) is 11.1. The van der Waals surface area contributed by atoms with Gasteiger partial charge >= 0.3 is 12.1 Å². The van der Waals surface area contributed by atoms with Crippen molar-refractivity contribution in [2.75, 3.05) is 13.7 Å². The van der Waals surface area contributed by atoms with E-state index in [4.69, 9.17) is 16.0 Å². The number of nitrogens with one attached hydrogen (secondary N) is 1. The molecule has 1 heterocycles. The molecule has 1 atom stereocenters. The van der Waals surface area contributed by atoms with Crippen molar-refractivity contribution in [3.8, 4) is 11.1 Å². The van der Waals surface area contributed by atoms with E-state index >= 15 is 0 Å². The Bertz CT molecular complexity index is 1130. The third-order valence-electron chi connectivity index (χ3n) is 5.37. The lowest BCUT2D eigenvalue weighted by atomic mass is 9.99. The van der Waals surface area contributed by atoms with Crippen molar-refractivity contribution >= 4 is 23.7 Å². The molecule has 1 N–H and O–H groups in total. The second-order valence-corrected chi connectivity index (χ2v) is 9.12. The number of ether oxygens (including phenoxy) is 2. The van der Waals surface area contributed by atoms with Gasteiger partial charge in [0.1, 0.15) is 11.6 Å². The van der Waals surface area contributed by atoms with Crippen LogP contribution in [0.2, 0.25) is 0 Å². The maximum absolute atomic E-state index is 12.9. The van der Waals surface area contributed by atoms with Gasteiger partial charge in [-0.2, -0.15) is 0 Å². The van der Waals surface area contributed by atoms with Gasteiger partial charge in [-0.05, 0) is 74.6 Å². The van der Waals surface area contributed by atoms with Crippen LogP contribution in [0.25, 0.3) is 16.0 Å². The number of esters is 1. The maximum Gasteiger partial charge on any atom is 0.410 e. The van der Waals surface area contributed by atoms with Crippen LogP contribution < -0.4 is 5.32 Å². The number of hydrogen-bond acceptors (Lipinski definition) is 5. The van der Waals surface area contributed by atoms with Crippen LogP contribution in [-0.2, 0) is 20.8 Å². The molecule has 178 valence electrons. The molecule has 1 aliphatic heterocycles. The van der Waals surface area contributed by atoms with E-state index in [0.717, 1.165) is 17.5 Å². The van der Waals surface area contributed by atoms with Crippen molar-refractivity contribution in [3.05, 3.63) is 65.0 Å². The van der Waals surface area contributed by atoms with Gasteiger partial charge in [-0.15, -0.1) is 0 Å². The molecule has 2 amide bonds. The molecule has 1 fully saturated rings. The number of likely N-dealkylation sites (tertiary alicyclic amines) is 1. The Balaban J connectivity index is 1.79. The fraction of sp³-hybridized carbons (Fsp3) is 0.385. The smallest absolute Gasteiger partial charge is 0.410 e. The van der Waals surface area contributed by atoms with Crippen LogP contribution in [0.5, 0.6) is 0 Å². The molecule has 0 aliphatic carbocycles. The molecule has 0 radical (unpaired) electrons. The zero-order valence-electron chi connectivity index (χ0n) is 19.9. The topological polar surface area (TPSA) is 89.3 Å². The first kappa shape index (κ1) is 24.8. The average molecular weight is 464 g/mol. The second kappa shape index (κ2) is 10.4. The number of amides is 2. The Morgan fingerprint density at radius 2 is 1.91 bits per heavy atom. The van der Waals surface area contributed by atoms with E-state index in [2.05, 4.69) is 10.2 Å². The van der Waals surface area contributed by atoms with E-state index in [-0.39, 0.29) is 12.5 Å². The van der Waals surface area contributed by atoms with Crippen molar-refractivity contribution < 1.29 is 23.9 Å². The first-order chi connectivity index (χ1) is 16.1. The van der Waals surface area contributed by atoms with Crippen molar-refractivity contribution in [3.63, 3.8) is 0 Å². The van der Waals surface area contributed by atoms with Gasteiger partial charge in [0.25, 0.3) is 0 Å². The van der Waals surface area contributed by atoms with E-state index in [1.165, 1.54) is 12.0 Å². The lowest BCUT2D eigenvalue weighted by Gasteiger charge is -2.28. The number of methoxy groups -OCH3 is 1. The summed E-state index contributed by atoms with van der Waals surface area (Å²) < 4.78 is 10.3. The summed E-state index contributed by atoms with van der Waals surface area (Å²) in [6.45, 7) is 13.2. The van der Waals surface area contributed by atoms with Crippen LogP contribution in [0, 0.1) is 6.57 Å². The van der Waals surface area contributed by atoms with Crippen LogP contribution in [0.4, 0.5) is 10.5 Å². The Morgan fingerprint density at radius 3 is 2.59 bits per heavy atom. The molecule has 0 saturated carbocycles. The summed E-state index contributed by atoms with van der Waals surface area (Å²) in [4.78, 5) is 42.6. The molecule has 1 aliphatic rings. The SMILES string of the molecule is [C-]#[N+]c1cccc(-c2cc(CNC(=O)[C@H]3CCCN3C(=O)OC(C)(C)C)cc(C(=O)OC)c2)c1. The van der Waals surface area contributed by atoms with Gasteiger partial charge in [-0.25, -0.2) is 14.4 Å². The Hall–Kier alpha value is -3.86. The molecule has 2 aromatic rings. The highest BCUT2D eigenvalue weighted by molar-refractivity contribution is 5.91. The molecule has 0 aromatic heterocycles. The standard InChI is InChI=1S/C26H29N3O5/c1-26(2,3)34-25(32)29-11-7-10-22(29)23(30)28-16-17-12-19(14-20(13-17)24(31)33-5)18-8-6-9-21(15-18)27-4/h6,8-9,12-15,22H,7,10-11,16H2,1-3,5H3,(H,28,30)/t22-/m1/s1. The van der Waals surface area contributed by atoms with Gasteiger partial charge < -0.3 is 14.8 Å². The number of hydrogen-bond donors (Lipinski definition) is 1. The van der Waals surface area contributed by atoms with Crippen molar-refractivity contribution in [2.45, 2.75) is 51.8 Å². The Labute approximate surface area is 199 Å². The highest BCUT2D eigenvalue weighted by Gasteiger charge is 2.36. The highest BCUT2D eigenvalue weighted by Crippen LogP contribution is 2.27. The molecule has 34 heavy (non-hydrogen) atoms. The minimum absolute atomic E-state index is 0.165.